The highest BCUT2D eigenvalue weighted by molar-refractivity contribution is 5.71. The third kappa shape index (κ3) is 47.2. The van der Waals surface area contributed by atoms with Crippen LogP contribution in [0.5, 0.6) is 0 Å². The van der Waals surface area contributed by atoms with Crippen LogP contribution in [0.25, 0.3) is 0 Å². The predicted molar refractivity (Wildman–Crippen MR) is 260 cm³/mol. The zero-order chi connectivity index (χ0) is 44.4. The highest BCUT2D eigenvalue weighted by Crippen LogP contribution is 2.12. The lowest BCUT2D eigenvalue weighted by Gasteiger charge is -2.18. The Balaban J connectivity index is 4.50. The summed E-state index contributed by atoms with van der Waals surface area (Å²) in [5.74, 6) is -0.998. The Kier molecular flexibility index (Phi) is 46.0. The van der Waals surface area contributed by atoms with Crippen molar-refractivity contribution in [3.05, 3.63) is 97.2 Å². The van der Waals surface area contributed by atoms with E-state index >= 15 is 0 Å². The van der Waals surface area contributed by atoms with Crippen molar-refractivity contribution in [2.24, 2.45) is 0 Å². The van der Waals surface area contributed by atoms with E-state index in [0.717, 1.165) is 116 Å². The minimum atomic E-state index is -0.810. The second kappa shape index (κ2) is 49.0. The highest BCUT2D eigenvalue weighted by atomic mass is 16.6. The van der Waals surface area contributed by atoms with Crippen LogP contribution in [-0.4, -0.2) is 37.2 Å². The van der Waals surface area contributed by atoms with Crippen molar-refractivity contribution < 1.29 is 28.6 Å². The molecule has 6 heteroatoms. The monoisotopic (exact) mass is 847 g/mol. The average Bonchev–Trinajstić information content (AvgIpc) is 3.26. The molecule has 0 aromatic heterocycles. The van der Waals surface area contributed by atoms with Crippen molar-refractivity contribution in [2.45, 2.75) is 219 Å². The van der Waals surface area contributed by atoms with Gasteiger partial charge in [0.2, 0.25) is 0 Å². The first kappa shape index (κ1) is 57.3. The molecule has 0 saturated carbocycles. The van der Waals surface area contributed by atoms with Gasteiger partial charge in [-0.15, -0.1) is 0 Å². The van der Waals surface area contributed by atoms with E-state index in [1.54, 1.807) is 0 Å². The first-order valence-electron chi connectivity index (χ1n) is 24.7. The van der Waals surface area contributed by atoms with Gasteiger partial charge < -0.3 is 14.2 Å². The first-order chi connectivity index (χ1) is 30.0. The maximum atomic E-state index is 12.7. The Bertz CT molecular complexity index is 1250. The van der Waals surface area contributed by atoms with Crippen LogP contribution in [0, 0.1) is 0 Å². The minimum Gasteiger partial charge on any atom is -0.462 e. The molecular weight excluding hydrogens is 757 g/mol. The van der Waals surface area contributed by atoms with E-state index in [9.17, 15) is 14.4 Å². The Hall–Kier alpha value is -3.67. The normalized spacial score (nSPS) is 12.9. The zero-order valence-electron chi connectivity index (χ0n) is 39.4. The van der Waals surface area contributed by atoms with Gasteiger partial charge in [0, 0.05) is 19.3 Å². The van der Waals surface area contributed by atoms with Crippen molar-refractivity contribution in [2.75, 3.05) is 13.2 Å². The molecule has 0 aromatic rings. The lowest BCUT2D eigenvalue weighted by Crippen LogP contribution is -2.30. The number of esters is 3. The highest BCUT2D eigenvalue weighted by Gasteiger charge is 2.19. The number of allylic oxidation sites excluding steroid dienone is 16. The van der Waals surface area contributed by atoms with E-state index in [1.807, 2.05) is 0 Å². The lowest BCUT2D eigenvalue weighted by molar-refractivity contribution is -0.167. The molecule has 1 atom stereocenters. The van der Waals surface area contributed by atoms with Crippen LogP contribution in [0.2, 0.25) is 0 Å². The third-order valence-corrected chi connectivity index (χ3v) is 10.0. The van der Waals surface area contributed by atoms with Crippen LogP contribution in [0.15, 0.2) is 97.2 Å². The van der Waals surface area contributed by atoms with E-state index < -0.39 is 6.10 Å². The Morgan fingerprint density at radius 3 is 1.13 bits per heavy atom. The van der Waals surface area contributed by atoms with E-state index in [-0.39, 0.29) is 37.5 Å². The topological polar surface area (TPSA) is 78.9 Å². The largest absolute Gasteiger partial charge is 0.462 e. The Morgan fingerprint density at radius 1 is 0.344 bits per heavy atom. The van der Waals surface area contributed by atoms with Crippen molar-refractivity contribution in [1.82, 2.24) is 0 Å². The maximum absolute atomic E-state index is 12.7. The molecule has 0 spiro atoms. The lowest BCUT2D eigenvalue weighted by atomic mass is 10.1. The second-order valence-electron chi connectivity index (χ2n) is 16.0. The van der Waals surface area contributed by atoms with Gasteiger partial charge in [0.1, 0.15) is 13.2 Å². The third-order valence-electron chi connectivity index (χ3n) is 10.0. The molecule has 0 N–H and O–H groups in total. The van der Waals surface area contributed by atoms with Crippen LogP contribution in [0.3, 0.4) is 0 Å². The number of ether oxygens (including phenoxy) is 3. The summed E-state index contributed by atoms with van der Waals surface area (Å²) in [7, 11) is 0. The minimum absolute atomic E-state index is 0.108. The van der Waals surface area contributed by atoms with Gasteiger partial charge in [-0.05, 0) is 109 Å². The van der Waals surface area contributed by atoms with Crippen LogP contribution in [0.4, 0.5) is 0 Å². The molecule has 0 unspecified atom stereocenters. The SMILES string of the molecule is CC/C=C\C/C=C\C/C=C\CCCCCCCC(=O)OC[C@H](COC(=O)CCC/C=C\C/C=C\C/C=C\C/C=C\CCCCC)OC(=O)CCCCCCC/C=C\CCCC. The molecule has 0 heterocycles. The molecule has 0 aliphatic rings. The van der Waals surface area contributed by atoms with Gasteiger partial charge in [-0.25, -0.2) is 0 Å². The molecule has 0 rings (SSSR count). The number of carbonyl (C=O) groups is 3. The summed E-state index contributed by atoms with van der Waals surface area (Å²) in [4.78, 5) is 37.9. The fraction of sp³-hybridized carbons (Fsp3) is 0.655. The Labute approximate surface area is 375 Å². The van der Waals surface area contributed by atoms with Crippen molar-refractivity contribution in [3.8, 4) is 0 Å². The van der Waals surface area contributed by atoms with Crippen LogP contribution in [0.1, 0.15) is 213 Å². The second-order valence-corrected chi connectivity index (χ2v) is 16.0. The number of hydrogen-bond acceptors (Lipinski definition) is 6. The Morgan fingerprint density at radius 2 is 0.672 bits per heavy atom. The summed E-state index contributed by atoms with van der Waals surface area (Å²) in [5.41, 5.74) is 0. The summed E-state index contributed by atoms with van der Waals surface area (Å²) in [6, 6.07) is 0. The van der Waals surface area contributed by atoms with Crippen LogP contribution < -0.4 is 0 Å². The van der Waals surface area contributed by atoms with Crippen LogP contribution in [-0.2, 0) is 28.6 Å². The summed E-state index contributed by atoms with van der Waals surface area (Å²) < 4.78 is 16.7. The smallest absolute Gasteiger partial charge is 0.306 e. The molecule has 0 fully saturated rings. The molecule has 346 valence electrons. The van der Waals surface area contributed by atoms with Crippen molar-refractivity contribution in [1.29, 1.82) is 0 Å². The van der Waals surface area contributed by atoms with Crippen molar-refractivity contribution in [3.63, 3.8) is 0 Å². The molecule has 0 aromatic carbocycles. The van der Waals surface area contributed by atoms with E-state index in [1.165, 1.54) is 51.4 Å². The van der Waals surface area contributed by atoms with Gasteiger partial charge in [0.25, 0.3) is 0 Å². The summed E-state index contributed by atoms with van der Waals surface area (Å²) in [5, 5.41) is 0. The molecule has 0 radical (unpaired) electrons. The first-order valence-corrected chi connectivity index (χ1v) is 24.7. The molecular formula is C55H90O6. The maximum Gasteiger partial charge on any atom is 0.306 e. The van der Waals surface area contributed by atoms with E-state index in [4.69, 9.17) is 14.2 Å². The summed E-state index contributed by atoms with van der Waals surface area (Å²) in [6.07, 6.45) is 63.9. The number of rotatable bonds is 43. The molecule has 0 bridgehead atoms. The number of hydrogen-bond donors (Lipinski definition) is 0. The van der Waals surface area contributed by atoms with Gasteiger partial charge in [0.05, 0.1) is 0 Å². The van der Waals surface area contributed by atoms with Crippen molar-refractivity contribution >= 4 is 17.9 Å². The number of unbranched alkanes of at least 4 members (excludes halogenated alkanes) is 16. The molecule has 6 nitrogen and oxygen atoms in total. The fourth-order valence-electron chi connectivity index (χ4n) is 6.31. The average molecular weight is 847 g/mol. The zero-order valence-corrected chi connectivity index (χ0v) is 39.4. The molecule has 0 aliphatic heterocycles. The molecule has 0 amide bonds. The van der Waals surface area contributed by atoms with E-state index in [0.29, 0.717) is 19.3 Å². The van der Waals surface area contributed by atoms with Gasteiger partial charge in [-0.1, -0.05) is 182 Å². The van der Waals surface area contributed by atoms with E-state index in [2.05, 4.69) is 118 Å². The predicted octanol–water partition coefficient (Wildman–Crippen LogP) is 16.2. The quantitative estimate of drug-likeness (QED) is 0.0263. The standard InChI is InChI=1S/C55H90O6/c1-4-7-10-13-16-19-22-24-26-27-29-31-34-36-39-42-45-48-54(57)60-51-52(61-55(58)49-46-43-40-37-32-21-18-15-12-9-6-3)50-59-53(56)47-44-41-38-35-33-30-28-25-23-20-17-14-11-8-5-2/h8,11,15-20,24-26,28-29,31,36,39,52H,4-7,9-10,12-14,21-23,27,30,32-35,37-38,40-51H2,1-3H3/b11-8-,18-15-,19-16-,20-17-,26-24-,28-25-,31-29-,39-36-/t52-/m1/s1. The molecule has 61 heavy (non-hydrogen) atoms. The van der Waals surface area contributed by atoms with Crippen LogP contribution >= 0.6 is 0 Å². The fourth-order valence-corrected chi connectivity index (χ4v) is 6.31. The van der Waals surface area contributed by atoms with Gasteiger partial charge >= 0.3 is 17.9 Å². The van der Waals surface area contributed by atoms with Gasteiger partial charge in [-0.3, -0.25) is 14.4 Å². The van der Waals surface area contributed by atoms with Gasteiger partial charge in [0.15, 0.2) is 6.10 Å². The van der Waals surface area contributed by atoms with Gasteiger partial charge in [-0.2, -0.15) is 0 Å². The molecule has 0 saturated heterocycles. The molecule has 0 aliphatic carbocycles. The number of carbonyl (C=O) groups excluding carboxylic acids is 3. The summed E-state index contributed by atoms with van der Waals surface area (Å²) in [6.45, 7) is 6.37. The summed E-state index contributed by atoms with van der Waals surface area (Å²) >= 11 is 0.